The topological polar surface area (TPSA) is 75.3 Å². The molecular formula is C21H22N2O3S. The number of hydrogen-bond acceptors (Lipinski definition) is 4. The molecule has 1 atom stereocenters. The van der Waals surface area contributed by atoms with Gasteiger partial charge in [-0.3, -0.25) is 4.79 Å². The van der Waals surface area contributed by atoms with Crippen molar-refractivity contribution in [3.63, 3.8) is 0 Å². The van der Waals surface area contributed by atoms with Gasteiger partial charge in [-0.05, 0) is 35.4 Å². The Labute approximate surface area is 159 Å². The van der Waals surface area contributed by atoms with Gasteiger partial charge in [-0.2, -0.15) is 0 Å². The number of benzene rings is 3. The normalized spacial score (nSPS) is 12.7. The van der Waals surface area contributed by atoms with E-state index in [1.54, 1.807) is 18.2 Å². The summed E-state index contributed by atoms with van der Waals surface area (Å²) in [6, 6.07) is 20.6. The maximum absolute atomic E-state index is 12.3. The lowest BCUT2D eigenvalue weighted by Crippen LogP contribution is -2.30. The molecule has 1 amide bonds. The van der Waals surface area contributed by atoms with Crippen LogP contribution < -0.4 is 10.6 Å². The van der Waals surface area contributed by atoms with Gasteiger partial charge < -0.3 is 10.6 Å². The average Bonchev–Trinajstić information content (AvgIpc) is 2.65. The van der Waals surface area contributed by atoms with Crippen molar-refractivity contribution in [2.45, 2.75) is 17.9 Å². The predicted octanol–water partition coefficient (Wildman–Crippen LogP) is 3.53. The van der Waals surface area contributed by atoms with Crippen LogP contribution in [0.25, 0.3) is 10.8 Å². The lowest BCUT2D eigenvalue weighted by molar-refractivity contribution is -0.115. The molecule has 2 N–H and O–H groups in total. The Bertz CT molecular complexity index is 1070. The van der Waals surface area contributed by atoms with Gasteiger partial charge in [-0.15, -0.1) is 0 Å². The van der Waals surface area contributed by atoms with Crippen LogP contribution in [-0.4, -0.2) is 27.1 Å². The highest BCUT2D eigenvalue weighted by Gasteiger charge is 2.15. The molecule has 0 saturated carbocycles. The van der Waals surface area contributed by atoms with Crippen LogP contribution in [0.5, 0.6) is 0 Å². The molecule has 0 spiro atoms. The van der Waals surface area contributed by atoms with Crippen LogP contribution in [0.3, 0.4) is 0 Å². The van der Waals surface area contributed by atoms with Crippen molar-refractivity contribution in [3.05, 3.63) is 72.3 Å². The first-order valence-electron chi connectivity index (χ1n) is 8.66. The van der Waals surface area contributed by atoms with E-state index in [4.69, 9.17) is 0 Å². The molecule has 0 aliphatic heterocycles. The van der Waals surface area contributed by atoms with Crippen LogP contribution in [0.2, 0.25) is 0 Å². The molecule has 6 heteroatoms. The number of hydrogen-bond donors (Lipinski definition) is 2. The molecule has 3 rings (SSSR count). The summed E-state index contributed by atoms with van der Waals surface area (Å²) < 4.78 is 23.7. The van der Waals surface area contributed by atoms with Gasteiger partial charge in [-0.25, -0.2) is 8.42 Å². The Balaban J connectivity index is 1.69. The smallest absolute Gasteiger partial charge is 0.238 e. The maximum Gasteiger partial charge on any atom is 0.238 e. The SMILES string of the molecule is C[C@@H](NCC(=O)Nc1ccccc1S(C)(=O)=O)c1cccc2ccccc12. The van der Waals surface area contributed by atoms with E-state index >= 15 is 0 Å². The Morgan fingerprint density at radius 3 is 2.41 bits per heavy atom. The fourth-order valence-electron chi connectivity index (χ4n) is 3.07. The van der Waals surface area contributed by atoms with Gasteiger partial charge in [-0.1, -0.05) is 54.6 Å². The first-order chi connectivity index (χ1) is 12.9. The number of fused-ring (bicyclic) bond motifs is 1. The zero-order valence-corrected chi connectivity index (χ0v) is 16.1. The van der Waals surface area contributed by atoms with E-state index in [-0.39, 0.29) is 23.4 Å². The molecule has 0 unspecified atom stereocenters. The summed E-state index contributed by atoms with van der Waals surface area (Å²) in [5.74, 6) is -0.293. The predicted molar refractivity (Wildman–Crippen MR) is 109 cm³/mol. The van der Waals surface area contributed by atoms with Crippen molar-refractivity contribution in [2.75, 3.05) is 18.1 Å². The molecule has 140 valence electrons. The highest BCUT2D eigenvalue weighted by atomic mass is 32.2. The van der Waals surface area contributed by atoms with Gasteiger partial charge in [0.2, 0.25) is 5.91 Å². The highest BCUT2D eigenvalue weighted by molar-refractivity contribution is 7.90. The second-order valence-corrected chi connectivity index (χ2v) is 8.47. The summed E-state index contributed by atoms with van der Waals surface area (Å²) >= 11 is 0. The lowest BCUT2D eigenvalue weighted by atomic mass is 10.00. The first-order valence-corrected chi connectivity index (χ1v) is 10.6. The van der Waals surface area contributed by atoms with E-state index < -0.39 is 9.84 Å². The molecule has 0 fully saturated rings. The summed E-state index contributed by atoms with van der Waals surface area (Å²) in [4.78, 5) is 12.4. The largest absolute Gasteiger partial charge is 0.324 e. The molecule has 5 nitrogen and oxygen atoms in total. The third kappa shape index (κ3) is 4.53. The monoisotopic (exact) mass is 382 g/mol. The lowest BCUT2D eigenvalue weighted by Gasteiger charge is -2.17. The minimum atomic E-state index is -3.41. The summed E-state index contributed by atoms with van der Waals surface area (Å²) in [7, 11) is -3.41. The second-order valence-electron chi connectivity index (χ2n) is 6.49. The second kappa shape index (κ2) is 7.90. The maximum atomic E-state index is 12.3. The van der Waals surface area contributed by atoms with Crippen molar-refractivity contribution in [1.82, 2.24) is 5.32 Å². The summed E-state index contributed by atoms with van der Waals surface area (Å²) in [6.45, 7) is 2.07. The van der Waals surface area contributed by atoms with Gasteiger partial charge in [0.05, 0.1) is 17.1 Å². The van der Waals surface area contributed by atoms with E-state index in [0.717, 1.165) is 22.6 Å². The van der Waals surface area contributed by atoms with Crippen LogP contribution in [0.15, 0.2) is 71.6 Å². The summed E-state index contributed by atoms with van der Waals surface area (Å²) in [6.07, 6.45) is 1.12. The number of para-hydroxylation sites is 1. The highest BCUT2D eigenvalue weighted by Crippen LogP contribution is 2.24. The van der Waals surface area contributed by atoms with Gasteiger partial charge in [0, 0.05) is 12.3 Å². The molecule has 0 aromatic heterocycles. The van der Waals surface area contributed by atoms with Crippen molar-refractivity contribution < 1.29 is 13.2 Å². The number of rotatable bonds is 6. The molecule has 0 aliphatic rings. The average molecular weight is 382 g/mol. The first kappa shape index (κ1) is 19.1. The summed E-state index contributed by atoms with van der Waals surface area (Å²) in [5.41, 5.74) is 1.40. The third-order valence-corrected chi connectivity index (χ3v) is 5.57. The van der Waals surface area contributed by atoms with Crippen LogP contribution in [0, 0.1) is 0 Å². The fourth-order valence-corrected chi connectivity index (χ4v) is 3.92. The Morgan fingerprint density at radius 1 is 0.963 bits per heavy atom. The molecule has 0 aliphatic carbocycles. The zero-order chi connectivity index (χ0) is 19.4. The molecule has 0 heterocycles. The molecule has 27 heavy (non-hydrogen) atoms. The zero-order valence-electron chi connectivity index (χ0n) is 15.3. The Morgan fingerprint density at radius 2 is 1.63 bits per heavy atom. The molecule has 3 aromatic rings. The number of anilines is 1. The van der Waals surface area contributed by atoms with Crippen molar-refractivity contribution in [3.8, 4) is 0 Å². The van der Waals surface area contributed by atoms with Gasteiger partial charge in [0.15, 0.2) is 9.84 Å². The minimum Gasteiger partial charge on any atom is -0.324 e. The fraction of sp³-hybridized carbons (Fsp3) is 0.190. The Kier molecular flexibility index (Phi) is 5.58. The molecular weight excluding hydrogens is 360 g/mol. The molecule has 0 bridgehead atoms. The number of carbonyl (C=O) groups excluding carboxylic acids is 1. The minimum absolute atomic E-state index is 0.0352. The van der Waals surface area contributed by atoms with Gasteiger partial charge >= 0.3 is 0 Å². The standard InChI is InChI=1S/C21H22N2O3S/c1-15(17-11-7-9-16-8-3-4-10-18(16)17)22-14-21(24)23-19-12-5-6-13-20(19)27(2,25)26/h3-13,15,22H,14H2,1-2H3,(H,23,24)/t15-/m1/s1. The molecule has 3 aromatic carbocycles. The number of amides is 1. The van der Waals surface area contributed by atoms with E-state index in [1.807, 2.05) is 31.2 Å². The summed E-state index contributed by atoms with van der Waals surface area (Å²) in [5, 5.41) is 8.18. The van der Waals surface area contributed by atoms with Gasteiger partial charge in [0.1, 0.15) is 0 Å². The van der Waals surface area contributed by atoms with E-state index in [9.17, 15) is 13.2 Å². The Hall–Kier alpha value is -2.70. The van der Waals surface area contributed by atoms with Crippen LogP contribution in [0.1, 0.15) is 18.5 Å². The quantitative estimate of drug-likeness (QED) is 0.684. The van der Waals surface area contributed by atoms with Crippen LogP contribution in [-0.2, 0) is 14.6 Å². The number of nitrogens with one attached hydrogen (secondary N) is 2. The van der Waals surface area contributed by atoms with E-state index in [2.05, 4.69) is 28.8 Å². The van der Waals surface area contributed by atoms with E-state index in [1.165, 1.54) is 6.07 Å². The van der Waals surface area contributed by atoms with E-state index in [0.29, 0.717) is 5.69 Å². The third-order valence-electron chi connectivity index (χ3n) is 4.42. The van der Waals surface area contributed by atoms with Crippen LogP contribution in [0.4, 0.5) is 5.69 Å². The molecule has 0 radical (unpaired) electrons. The van der Waals surface area contributed by atoms with Crippen molar-refractivity contribution in [1.29, 1.82) is 0 Å². The van der Waals surface area contributed by atoms with Crippen molar-refractivity contribution >= 4 is 32.2 Å². The van der Waals surface area contributed by atoms with Crippen LogP contribution >= 0.6 is 0 Å². The molecule has 0 saturated heterocycles. The number of sulfone groups is 1. The number of carbonyl (C=O) groups is 1. The van der Waals surface area contributed by atoms with Crippen molar-refractivity contribution in [2.24, 2.45) is 0 Å². The van der Waals surface area contributed by atoms with Gasteiger partial charge in [0.25, 0.3) is 0 Å².